The van der Waals surface area contributed by atoms with Gasteiger partial charge in [0.05, 0.1) is 6.20 Å². The maximum Gasteiger partial charge on any atom is 0.280 e. The molecule has 3 aliphatic rings. The Hall–Kier alpha value is -1.99. The molecule has 7 heteroatoms. The molecule has 126 valence electrons. The van der Waals surface area contributed by atoms with Gasteiger partial charge in [-0.2, -0.15) is 0 Å². The summed E-state index contributed by atoms with van der Waals surface area (Å²) in [7, 11) is 0. The molecule has 24 heavy (non-hydrogen) atoms. The highest BCUT2D eigenvalue weighted by Crippen LogP contribution is 2.30. The van der Waals surface area contributed by atoms with E-state index < -0.39 is 0 Å². The van der Waals surface area contributed by atoms with Crippen molar-refractivity contribution in [2.45, 2.75) is 18.9 Å². The largest absolute Gasteiger partial charge is 0.445 e. The van der Waals surface area contributed by atoms with Crippen LogP contribution in [0.2, 0.25) is 0 Å². The molecule has 3 aliphatic heterocycles. The number of carbonyl (C=O) groups is 1. The molecule has 1 amide bonds. The van der Waals surface area contributed by atoms with Gasteiger partial charge < -0.3 is 15.0 Å². The molecular weight excluding hydrogens is 329 g/mol. The van der Waals surface area contributed by atoms with Crippen LogP contribution in [0.25, 0.3) is 0 Å². The number of thiazole rings is 1. The number of halogens is 1. The van der Waals surface area contributed by atoms with E-state index in [4.69, 9.17) is 4.74 Å². The van der Waals surface area contributed by atoms with Crippen LogP contribution in [-0.2, 0) is 0 Å². The van der Waals surface area contributed by atoms with E-state index in [-0.39, 0.29) is 17.8 Å². The first-order chi connectivity index (χ1) is 11.7. The highest BCUT2D eigenvalue weighted by molar-refractivity contribution is 7.15. The molecule has 0 saturated carbocycles. The number of nitrogens with zero attached hydrogens (tertiary/aromatic N) is 2. The van der Waals surface area contributed by atoms with Crippen LogP contribution < -0.4 is 10.1 Å². The van der Waals surface area contributed by atoms with E-state index in [0.717, 1.165) is 32.5 Å². The van der Waals surface area contributed by atoms with Crippen molar-refractivity contribution in [2.24, 2.45) is 5.92 Å². The summed E-state index contributed by atoms with van der Waals surface area (Å²) in [5, 5.41) is 4.02. The number of hydrogen-bond acceptors (Lipinski definition) is 5. The molecule has 1 aromatic heterocycles. The molecule has 1 unspecified atom stereocenters. The molecule has 3 fully saturated rings. The van der Waals surface area contributed by atoms with Gasteiger partial charge in [-0.1, -0.05) is 11.3 Å². The maximum absolute atomic E-state index is 12.9. The standard InChI is InChI=1S/C17H18FN3O2S/c18-12-1-3-13(4-2-12)23-15-9-19-17(24-15)16(22)20-14-10-21-7-5-11(14)6-8-21/h1-4,9,11,14H,5-8,10H2,(H,20,22). The van der Waals surface area contributed by atoms with Gasteiger partial charge in [-0.25, -0.2) is 9.37 Å². The molecular formula is C17H18FN3O2S. The second-order valence-electron chi connectivity index (χ2n) is 6.26. The first kappa shape index (κ1) is 15.5. The Morgan fingerprint density at radius 2 is 2.04 bits per heavy atom. The summed E-state index contributed by atoms with van der Waals surface area (Å²) < 4.78 is 18.5. The Labute approximate surface area is 143 Å². The van der Waals surface area contributed by atoms with Gasteiger partial charge in [-0.15, -0.1) is 0 Å². The third kappa shape index (κ3) is 3.27. The van der Waals surface area contributed by atoms with Crippen LogP contribution in [0.5, 0.6) is 10.8 Å². The summed E-state index contributed by atoms with van der Waals surface area (Å²) in [6.45, 7) is 3.22. The molecule has 1 aromatic carbocycles. The number of piperidine rings is 3. The summed E-state index contributed by atoms with van der Waals surface area (Å²) in [6, 6.07) is 5.96. The van der Waals surface area contributed by atoms with Crippen LogP contribution in [0.15, 0.2) is 30.5 Å². The number of hydrogen-bond donors (Lipinski definition) is 1. The number of nitrogens with one attached hydrogen (secondary N) is 1. The van der Waals surface area contributed by atoms with Crippen LogP contribution in [-0.4, -0.2) is 41.5 Å². The van der Waals surface area contributed by atoms with Gasteiger partial charge in [-0.05, 0) is 56.1 Å². The fourth-order valence-corrected chi connectivity index (χ4v) is 4.08. The average molecular weight is 347 g/mol. The third-order valence-corrected chi connectivity index (χ3v) is 5.56. The van der Waals surface area contributed by atoms with Crippen LogP contribution in [0, 0.1) is 11.7 Å². The zero-order valence-electron chi connectivity index (χ0n) is 13.1. The van der Waals surface area contributed by atoms with Gasteiger partial charge in [0, 0.05) is 12.6 Å². The molecule has 2 aromatic rings. The van der Waals surface area contributed by atoms with E-state index in [9.17, 15) is 9.18 Å². The lowest BCUT2D eigenvalue weighted by Crippen LogP contribution is -2.57. The first-order valence-corrected chi connectivity index (χ1v) is 8.91. The number of amides is 1. The predicted molar refractivity (Wildman–Crippen MR) is 89.0 cm³/mol. The fourth-order valence-electron chi connectivity index (χ4n) is 3.39. The molecule has 3 saturated heterocycles. The summed E-state index contributed by atoms with van der Waals surface area (Å²) in [6.07, 6.45) is 3.84. The Balaban J connectivity index is 1.39. The van der Waals surface area contributed by atoms with Gasteiger partial charge in [0.25, 0.3) is 5.91 Å². The minimum atomic E-state index is -0.316. The van der Waals surface area contributed by atoms with Gasteiger partial charge in [0.1, 0.15) is 11.6 Å². The number of carbonyl (C=O) groups excluding carboxylic acids is 1. The quantitative estimate of drug-likeness (QED) is 0.924. The lowest BCUT2D eigenvalue weighted by molar-refractivity contribution is 0.0620. The maximum atomic E-state index is 12.9. The Bertz CT molecular complexity index is 726. The van der Waals surface area contributed by atoms with E-state index in [1.54, 1.807) is 12.1 Å². The lowest BCUT2D eigenvalue weighted by Gasteiger charge is -2.44. The second-order valence-corrected chi connectivity index (χ2v) is 7.25. The van der Waals surface area contributed by atoms with Crippen molar-refractivity contribution < 1.29 is 13.9 Å². The molecule has 4 heterocycles. The average Bonchev–Trinajstić information content (AvgIpc) is 3.07. The van der Waals surface area contributed by atoms with E-state index >= 15 is 0 Å². The highest BCUT2D eigenvalue weighted by atomic mass is 32.1. The zero-order valence-corrected chi connectivity index (χ0v) is 13.9. The zero-order chi connectivity index (χ0) is 16.5. The third-order valence-electron chi connectivity index (χ3n) is 4.68. The van der Waals surface area contributed by atoms with Crippen molar-refractivity contribution in [1.82, 2.24) is 15.2 Å². The van der Waals surface area contributed by atoms with Gasteiger partial charge in [0.2, 0.25) is 5.06 Å². The minimum absolute atomic E-state index is 0.146. The van der Waals surface area contributed by atoms with Gasteiger partial charge >= 0.3 is 0 Å². The monoisotopic (exact) mass is 347 g/mol. The Kier molecular flexibility index (Phi) is 4.20. The van der Waals surface area contributed by atoms with Gasteiger partial charge in [0.15, 0.2) is 5.01 Å². The van der Waals surface area contributed by atoms with Crippen molar-refractivity contribution in [3.05, 3.63) is 41.3 Å². The smallest absolute Gasteiger partial charge is 0.280 e. The second kappa shape index (κ2) is 6.49. The Morgan fingerprint density at radius 3 is 2.71 bits per heavy atom. The fraction of sp³-hybridized carbons (Fsp3) is 0.412. The first-order valence-electron chi connectivity index (χ1n) is 8.10. The molecule has 1 N–H and O–H groups in total. The van der Waals surface area contributed by atoms with Crippen molar-refractivity contribution >= 4 is 17.2 Å². The van der Waals surface area contributed by atoms with E-state index in [1.807, 2.05) is 0 Å². The van der Waals surface area contributed by atoms with Crippen molar-refractivity contribution in [3.63, 3.8) is 0 Å². The summed E-state index contributed by atoms with van der Waals surface area (Å²) in [5.41, 5.74) is 0. The molecule has 0 spiro atoms. The molecule has 5 nitrogen and oxygen atoms in total. The SMILES string of the molecule is O=C(NC1CN2CCC1CC2)c1ncc(Oc2ccc(F)cc2)s1. The van der Waals surface area contributed by atoms with Crippen molar-refractivity contribution in [2.75, 3.05) is 19.6 Å². The van der Waals surface area contributed by atoms with Crippen molar-refractivity contribution in [1.29, 1.82) is 0 Å². The van der Waals surface area contributed by atoms with Gasteiger partial charge in [-0.3, -0.25) is 4.79 Å². The number of aromatic nitrogens is 1. The molecule has 0 aliphatic carbocycles. The minimum Gasteiger partial charge on any atom is -0.445 e. The predicted octanol–water partition coefficient (Wildman–Crippen LogP) is 2.90. The normalized spacial score (nSPS) is 25.5. The highest BCUT2D eigenvalue weighted by Gasteiger charge is 2.35. The van der Waals surface area contributed by atoms with Crippen molar-refractivity contribution in [3.8, 4) is 10.8 Å². The van der Waals surface area contributed by atoms with Crippen LogP contribution in [0.4, 0.5) is 4.39 Å². The van der Waals surface area contributed by atoms with Crippen LogP contribution >= 0.6 is 11.3 Å². The van der Waals surface area contributed by atoms with E-state index in [2.05, 4.69) is 15.2 Å². The van der Waals surface area contributed by atoms with Crippen LogP contribution in [0.3, 0.4) is 0 Å². The molecule has 0 radical (unpaired) electrons. The number of fused-ring (bicyclic) bond motifs is 3. The molecule has 2 bridgehead atoms. The molecule has 1 atom stereocenters. The molecule has 5 rings (SSSR count). The Morgan fingerprint density at radius 1 is 1.29 bits per heavy atom. The van der Waals surface area contributed by atoms with E-state index in [0.29, 0.717) is 21.7 Å². The van der Waals surface area contributed by atoms with Crippen LogP contribution in [0.1, 0.15) is 22.6 Å². The number of rotatable bonds is 4. The summed E-state index contributed by atoms with van der Waals surface area (Å²) in [5.74, 6) is 0.634. The summed E-state index contributed by atoms with van der Waals surface area (Å²) in [4.78, 5) is 19.0. The number of ether oxygens (including phenoxy) is 1. The number of benzene rings is 1. The topological polar surface area (TPSA) is 54.5 Å². The lowest BCUT2D eigenvalue weighted by atomic mass is 9.84. The summed E-state index contributed by atoms with van der Waals surface area (Å²) >= 11 is 1.20. The van der Waals surface area contributed by atoms with E-state index in [1.165, 1.54) is 29.7 Å².